The minimum Gasteiger partial charge on any atom is -0.491 e. The number of carbonyl (C=O) groups is 1. The lowest BCUT2D eigenvalue weighted by molar-refractivity contribution is -0.138. The van der Waals surface area contributed by atoms with Gasteiger partial charge in [-0.25, -0.2) is 13.2 Å². The van der Waals surface area contributed by atoms with Crippen LogP contribution in [-0.2, 0) is 23.0 Å². The highest BCUT2D eigenvalue weighted by Gasteiger charge is 2.35. The van der Waals surface area contributed by atoms with Crippen molar-refractivity contribution in [2.24, 2.45) is 0 Å². The fourth-order valence-electron chi connectivity index (χ4n) is 4.53. The standard InChI is InChI=1S/C29H30F3N3O6S/c1-19(33-16-23(36)18-41-24-7-3-2-4-8-24)12-20-10-11-26-22(13-20)15-27(28(37)38)35(26)17-21-6-5-9-25(14-21)42(39,40)34-29(30,31)32/h2-11,13-15,19,23,33-34,36H,12,16-18H2,1H3,(H,37,38). The van der Waals surface area contributed by atoms with Gasteiger partial charge in [-0.05, 0) is 66.9 Å². The molecule has 0 aliphatic rings. The van der Waals surface area contributed by atoms with Gasteiger partial charge < -0.3 is 24.8 Å². The number of nitrogens with zero attached hydrogens (tertiary/aromatic N) is 1. The molecule has 3 aromatic carbocycles. The van der Waals surface area contributed by atoms with Crippen molar-refractivity contribution in [3.8, 4) is 5.75 Å². The Kier molecular flexibility index (Phi) is 9.57. The first-order valence-electron chi connectivity index (χ1n) is 12.9. The van der Waals surface area contributed by atoms with Gasteiger partial charge in [0.2, 0.25) is 10.0 Å². The number of benzene rings is 3. The van der Waals surface area contributed by atoms with Crippen LogP contribution in [0.25, 0.3) is 10.9 Å². The van der Waals surface area contributed by atoms with Gasteiger partial charge in [0, 0.05) is 30.0 Å². The van der Waals surface area contributed by atoms with Gasteiger partial charge >= 0.3 is 12.3 Å². The van der Waals surface area contributed by atoms with Gasteiger partial charge in [-0.2, -0.15) is 13.2 Å². The van der Waals surface area contributed by atoms with E-state index in [9.17, 15) is 36.6 Å². The molecule has 1 aromatic heterocycles. The van der Waals surface area contributed by atoms with Crippen LogP contribution >= 0.6 is 0 Å². The molecule has 0 saturated heterocycles. The van der Waals surface area contributed by atoms with Crippen LogP contribution in [0.1, 0.15) is 28.5 Å². The summed E-state index contributed by atoms with van der Waals surface area (Å²) in [5.41, 5.74) is 1.72. The Morgan fingerprint density at radius 2 is 1.74 bits per heavy atom. The fraction of sp³-hybridized carbons (Fsp3) is 0.276. The molecular formula is C29H30F3N3O6S. The predicted octanol–water partition coefficient (Wildman–Crippen LogP) is 4.15. The lowest BCUT2D eigenvalue weighted by atomic mass is 10.0. The average Bonchev–Trinajstić information content (AvgIpc) is 3.28. The van der Waals surface area contributed by atoms with E-state index < -0.39 is 33.3 Å². The monoisotopic (exact) mass is 605 g/mol. The molecule has 9 nitrogen and oxygen atoms in total. The number of halogens is 3. The van der Waals surface area contributed by atoms with E-state index in [0.717, 1.165) is 17.7 Å². The molecule has 0 radical (unpaired) electrons. The molecule has 42 heavy (non-hydrogen) atoms. The van der Waals surface area contributed by atoms with Crippen molar-refractivity contribution in [1.29, 1.82) is 0 Å². The molecule has 1 heterocycles. The number of carboxylic acids is 1. The van der Waals surface area contributed by atoms with E-state index in [1.54, 1.807) is 18.2 Å². The zero-order valence-electron chi connectivity index (χ0n) is 22.5. The fourth-order valence-corrected chi connectivity index (χ4v) is 5.52. The summed E-state index contributed by atoms with van der Waals surface area (Å²) in [5, 5.41) is 24.0. The quantitative estimate of drug-likeness (QED) is 0.169. The largest absolute Gasteiger partial charge is 0.491 e. The number of para-hydroxylation sites is 1. The Bertz CT molecular complexity index is 1640. The summed E-state index contributed by atoms with van der Waals surface area (Å²) >= 11 is 0. The van der Waals surface area contributed by atoms with Crippen molar-refractivity contribution in [1.82, 2.24) is 14.6 Å². The van der Waals surface area contributed by atoms with Crippen molar-refractivity contribution in [3.63, 3.8) is 0 Å². The maximum atomic E-state index is 12.7. The smallest absolute Gasteiger partial charge is 0.470 e. The molecule has 13 heteroatoms. The normalized spacial score (nSPS) is 13.6. The summed E-state index contributed by atoms with van der Waals surface area (Å²) in [4.78, 5) is 11.4. The Morgan fingerprint density at radius 3 is 2.43 bits per heavy atom. The highest BCUT2D eigenvalue weighted by Crippen LogP contribution is 2.25. The topological polar surface area (TPSA) is 130 Å². The molecule has 0 amide bonds. The van der Waals surface area contributed by atoms with Gasteiger partial charge in [-0.15, -0.1) is 4.72 Å². The van der Waals surface area contributed by atoms with E-state index in [4.69, 9.17) is 4.74 Å². The van der Waals surface area contributed by atoms with Crippen LogP contribution in [0.2, 0.25) is 0 Å². The number of aromatic nitrogens is 1. The number of fused-ring (bicyclic) bond motifs is 1. The van der Waals surface area contributed by atoms with Crippen LogP contribution in [0, 0.1) is 0 Å². The number of sulfonamides is 1. The first-order valence-corrected chi connectivity index (χ1v) is 14.4. The number of nitrogens with one attached hydrogen (secondary N) is 2. The Morgan fingerprint density at radius 1 is 1.00 bits per heavy atom. The SMILES string of the molecule is CC(Cc1ccc2c(c1)cc(C(=O)O)n2Cc1cccc(S(=O)(=O)NC(F)(F)F)c1)NCC(O)COc1ccccc1. The first kappa shape index (κ1) is 31.0. The van der Waals surface area contributed by atoms with Crippen LogP contribution in [0.15, 0.2) is 83.8 Å². The van der Waals surface area contributed by atoms with Crippen LogP contribution in [0.3, 0.4) is 0 Å². The molecule has 224 valence electrons. The minimum atomic E-state index is -5.14. The third-order valence-electron chi connectivity index (χ3n) is 6.41. The molecule has 0 fully saturated rings. The summed E-state index contributed by atoms with van der Waals surface area (Å²) in [7, 11) is -4.86. The number of rotatable bonds is 13. The lowest BCUT2D eigenvalue weighted by Crippen LogP contribution is -2.37. The van der Waals surface area contributed by atoms with Crippen molar-refractivity contribution >= 4 is 26.9 Å². The molecule has 0 spiro atoms. The predicted molar refractivity (Wildman–Crippen MR) is 150 cm³/mol. The highest BCUT2D eigenvalue weighted by molar-refractivity contribution is 7.89. The molecule has 0 saturated carbocycles. The molecular weight excluding hydrogens is 575 g/mol. The maximum Gasteiger partial charge on any atom is 0.470 e. The number of aliphatic hydroxyl groups excluding tert-OH is 1. The van der Waals surface area contributed by atoms with Gasteiger partial charge in [0.1, 0.15) is 24.2 Å². The molecule has 4 N–H and O–H groups in total. The van der Waals surface area contributed by atoms with E-state index in [0.29, 0.717) is 39.9 Å². The second kappa shape index (κ2) is 12.9. The number of carboxylic acid groups (broad SMARTS) is 1. The average molecular weight is 606 g/mol. The van der Waals surface area contributed by atoms with Crippen LogP contribution in [0.4, 0.5) is 13.2 Å². The molecule has 4 aromatic rings. The number of ether oxygens (including phenoxy) is 1. The van der Waals surface area contributed by atoms with E-state index in [1.807, 2.05) is 37.3 Å². The lowest BCUT2D eigenvalue weighted by Gasteiger charge is -2.18. The zero-order valence-corrected chi connectivity index (χ0v) is 23.3. The van der Waals surface area contributed by atoms with Crippen molar-refractivity contribution in [2.45, 2.75) is 43.2 Å². The summed E-state index contributed by atoms with van der Waals surface area (Å²) in [6.45, 7) is 2.32. The van der Waals surface area contributed by atoms with E-state index in [2.05, 4.69) is 5.32 Å². The third-order valence-corrected chi connectivity index (χ3v) is 7.79. The highest BCUT2D eigenvalue weighted by atomic mass is 32.2. The third kappa shape index (κ3) is 8.32. The Labute approximate surface area is 240 Å². The second-order valence-corrected chi connectivity index (χ2v) is 11.5. The second-order valence-electron chi connectivity index (χ2n) is 9.86. The van der Waals surface area contributed by atoms with Gasteiger partial charge in [0.15, 0.2) is 0 Å². The van der Waals surface area contributed by atoms with E-state index in [1.165, 1.54) is 22.8 Å². The van der Waals surface area contributed by atoms with Crippen LogP contribution < -0.4 is 14.8 Å². The van der Waals surface area contributed by atoms with E-state index >= 15 is 0 Å². The number of aromatic carboxylic acids is 1. The maximum absolute atomic E-state index is 12.7. The molecule has 0 aliphatic heterocycles. The number of alkyl halides is 3. The zero-order chi connectivity index (χ0) is 30.5. The van der Waals surface area contributed by atoms with Gasteiger partial charge in [-0.3, -0.25) is 0 Å². The Balaban J connectivity index is 1.45. The van der Waals surface area contributed by atoms with Crippen LogP contribution in [-0.4, -0.2) is 60.8 Å². The molecule has 0 aliphatic carbocycles. The summed E-state index contributed by atoms with van der Waals surface area (Å²) in [5.74, 6) is -0.543. The number of hydrogen-bond acceptors (Lipinski definition) is 6. The Hall–Kier alpha value is -3.91. The number of aliphatic hydroxyl groups is 1. The molecule has 2 atom stereocenters. The van der Waals surface area contributed by atoms with Gasteiger partial charge in [0.05, 0.1) is 4.90 Å². The molecule has 0 bridgehead atoms. The number of hydrogen-bond donors (Lipinski definition) is 4. The van der Waals surface area contributed by atoms with Crippen molar-refractivity contribution in [2.75, 3.05) is 13.2 Å². The van der Waals surface area contributed by atoms with Crippen molar-refractivity contribution in [3.05, 3.63) is 95.7 Å². The molecule has 2 unspecified atom stereocenters. The summed E-state index contributed by atoms with van der Waals surface area (Å²) in [6.07, 6.45) is -5.27. The van der Waals surface area contributed by atoms with Crippen LogP contribution in [0.5, 0.6) is 5.75 Å². The van der Waals surface area contributed by atoms with E-state index in [-0.39, 0.29) is 24.9 Å². The summed E-state index contributed by atoms with van der Waals surface area (Å²) in [6, 6.07) is 21.0. The first-order chi connectivity index (χ1) is 19.8. The summed E-state index contributed by atoms with van der Waals surface area (Å²) < 4.78 is 69.9. The molecule has 4 rings (SSSR count). The minimum absolute atomic E-state index is 0.0233. The van der Waals surface area contributed by atoms with Crippen molar-refractivity contribution < 1.29 is 41.3 Å². The van der Waals surface area contributed by atoms with Gasteiger partial charge in [0.25, 0.3) is 0 Å². The van der Waals surface area contributed by atoms with Gasteiger partial charge in [-0.1, -0.05) is 36.4 Å².